The zero-order valence-corrected chi connectivity index (χ0v) is 15.0. The van der Waals surface area contributed by atoms with Crippen LogP contribution in [0.3, 0.4) is 0 Å². The Hall–Kier alpha value is 0.351. The summed E-state index contributed by atoms with van der Waals surface area (Å²) in [7, 11) is -2.04. The molecule has 0 aliphatic heterocycles. The highest BCUT2D eigenvalue weighted by molar-refractivity contribution is 7.06. The minimum absolute atomic E-state index is 1.17. The van der Waals surface area contributed by atoms with Crippen LogP contribution in [0, 0.1) is 0 Å². The standard InChI is InChI=1S/C11H28OSi3/c1-12-15(8,9)10-11(13(2,3)4)14(5,6)7/h10H,1-9H3. The largest absolute Gasteiger partial charge is 0.417 e. The van der Waals surface area contributed by atoms with Crippen LogP contribution in [0.1, 0.15) is 0 Å². The maximum atomic E-state index is 5.67. The summed E-state index contributed by atoms with van der Waals surface area (Å²) >= 11 is 0. The Morgan fingerprint density at radius 3 is 1.33 bits per heavy atom. The van der Waals surface area contributed by atoms with Crippen molar-refractivity contribution in [1.82, 2.24) is 0 Å². The van der Waals surface area contributed by atoms with Crippen molar-refractivity contribution in [3.63, 3.8) is 0 Å². The molecular formula is C11H28OSi3. The van der Waals surface area contributed by atoms with Gasteiger partial charge in [-0.05, 0) is 13.1 Å². The molecule has 0 aromatic rings. The second-order valence-corrected chi connectivity index (χ2v) is 21.3. The molecule has 0 saturated carbocycles. The second-order valence-electron chi connectivity index (χ2n) is 6.87. The van der Waals surface area contributed by atoms with Gasteiger partial charge in [-0.2, -0.15) is 0 Å². The van der Waals surface area contributed by atoms with Gasteiger partial charge in [0, 0.05) is 7.11 Å². The van der Waals surface area contributed by atoms with Crippen molar-refractivity contribution >= 4 is 24.5 Å². The fraction of sp³-hybridized carbons (Fsp3) is 0.818. The fourth-order valence-electron chi connectivity index (χ4n) is 1.96. The molecule has 15 heavy (non-hydrogen) atoms. The third-order valence-electron chi connectivity index (χ3n) is 2.63. The third kappa shape index (κ3) is 5.29. The van der Waals surface area contributed by atoms with Crippen molar-refractivity contribution in [2.45, 2.75) is 52.4 Å². The van der Waals surface area contributed by atoms with Crippen LogP contribution in [0.5, 0.6) is 0 Å². The van der Waals surface area contributed by atoms with E-state index in [0.29, 0.717) is 0 Å². The lowest BCUT2D eigenvalue weighted by atomic mass is 11.2. The van der Waals surface area contributed by atoms with E-state index in [1.165, 1.54) is 0 Å². The molecule has 90 valence electrons. The topological polar surface area (TPSA) is 9.23 Å². The SMILES string of the molecule is CO[Si](C)(C)C=C([Si](C)(C)C)[Si](C)(C)C. The van der Waals surface area contributed by atoms with E-state index in [0.717, 1.165) is 0 Å². The van der Waals surface area contributed by atoms with Gasteiger partial charge in [0.15, 0.2) is 0 Å². The molecule has 0 N–H and O–H groups in total. The van der Waals surface area contributed by atoms with Gasteiger partial charge < -0.3 is 4.43 Å². The van der Waals surface area contributed by atoms with Gasteiger partial charge >= 0.3 is 0 Å². The van der Waals surface area contributed by atoms with E-state index in [9.17, 15) is 0 Å². The summed E-state index contributed by atoms with van der Waals surface area (Å²) in [5, 5.41) is 0. The minimum Gasteiger partial charge on any atom is -0.417 e. The molecule has 0 atom stereocenters. The van der Waals surface area contributed by atoms with Crippen LogP contribution < -0.4 is 0 Å². The van der Waals surface area contributed by atoms with Crippen molar-refractivity contribution < 1.29 is 4.43 Å². The Kier molecular flexibility index (Phi) is 4.80. The summed E-state index contributed by atoms with van der Waals surface area (Å²) in [4.78, 5) is 1.79. The molecule has 1 nitrogen and oxygen atoms in total. The molecule has 0 bridgehead atoms. The highest BCUT2D eigenvalue weighted by Crippen LogP contribution is 2.27. The van der Waals surface area contributed by atoms with Crippen LogP contribution in [0.2, 0.25) is 52.4 Å². The monoisotopic (exact) mass is 260 g/mol. The predicted molar refractivity (Wildman–Crippen MR) is 79.3 cm³/mol. The molecule has 0 spiro atoms. The van der Waals surface area contributed by atoms with Crippen LogP contribution in [0.25, 0.3) is 0 Å². The molecule has 0 rings (SSSR count). The van der Waals surface area contributed by atoms with Crippen molar-refractivity contribution in [3.05, 3.63) is 10.5 Å². The van der Waals surface area contributed by atoms with Gasteiger partial charge in [0.25, 0.3) is 0 Å². The minimum atomic E-state index is -1.55. The van der Waals surface area contributed by atoms with Crippen LogP contribution >= 0.6 is 0 Å². The molecule has 0 aliphatic carbocycles. The molecule has 0 aromatic heterocycles. The Labute approximate surface area is 99.1 Å². The van der Waals surface area contributed by atoms with E-state index in [1.807, 2.05) is 7.11 Å². The van der Waals surface area contributed by atoms with E-state index < -0.39 is 24.5 Å². The van der Waals surface area contributed by atoms with Crippen LogP contribution in [-0.2, 0) is 4.43 Å². The van der Waals surface area contributed by atoms with E-state index in [4.69, 9.17) is 4.43 Å². The summed E-state index contributed by atoms with van der Waals surface area (Å²) in [6.45, 7) is 19.3. The molecular weight excluding hydrogens is 232 g/mol. The average molecular weight is 261 g/mol. The average Bonchev–Trinajstić information content (AvgIpc) is 1.96. The molecule has 0 amide bonds. The lowest BCUT2D eigenvalue weighted by molar-refractivity contribution is 0.415. The number of hydrogen-bond acceptors (Lipinski definition) is 1. The van der Waals surface area contributed by atoms with Crippen LogP contribution in [0.15, 0.2) is 10.5 Å². The van der Waals surface area contributed by atoms with E-state index >= 15 is 0 Å². The summed E-state index contributed by atoms with van der Waals surface area (Å²) in [6.07, 6.45) is 0. The first-order chi connectivity index (χ1) is 6.40. The second kappa shape index (κ2) is 4.69. The lowest BCUT2D eigenvalue weighted by Gasteiger charge is -2.34. The molecule has 0 unspecified atom stereocenters. The first-order valence-electron chi connectivity index (χ1n) is 5.69. The Morgan fingerprint density at radius 1 is 0.800 bits per heavy atom. The summed E-state index contributed by atoms with van der Waals surface area (Å²) < 4.78 is 5.67. The zero-order valence-electron chi connectivity index (χ0n) is 12.0. The Morgan fingerprint density at radius 2 is 1.13 bits per heavy atom. The van der Waals surface area contributed by atoms with Gasteiger partial charge in [-0.15, -0.1) is 0 Å². The van der Waals surface area contributed by atoms with Gasteiger partial charge in [-0.1, -0.05) is 49.8 Å². The molecule has 0 aliphatic rings. The first-order valence-corrected chi connectivity index (χ1v) is 15.7. The molecule has 0 saturated heterocycles. The van der Waals surface area contributed by atoms with Crippen molar-refractivity contribution in [1.29, 1.82) is 0 Å². The quantitative estimate of drug-likeness (QED) is 0.693. The Bertz CT molecular complexity index is 228. The third-order valence-corrected chi connectivity index (χ3v) is 13.3. The fourth-order valence-corrected chi connectivity index (χ4v) is 17.3. The smallest absolute Gasteiger partial charge is 0.209 e. The van der Waals surface area contributed by atoms with E-state index in [-0.39, 0.29) is 0 Å². The molecule has 0 heterocycles. The van der Waals surface area contributed by atoms with Gasteiger partial charge in [-0.25, -0.2) is 0 Å². The number of rotatable bonds is 4. The van der Waals surface area contributed by atoms with Crippen molar-refractivity contribution in [3.8, 4) is 0 Å². The normalized spacial score (nSPS) is 13.9. The highest BCUT2D eigenvalue weighted by atomic mass is 28.4. The molecule has 0 aromatic carbocycles. The van der Waals surface area contributed by atoms with Crippen molar-refractivity contribution in [2.24, 2.45) is 0 Å². The molecule has 0 fully saturated rings. The lowest BCUT2D eigenvalue weighted by Crippen LogP contribution is -2.43. The maximum Gasteiger partial charge on any atom is 0.209 e. The van der Waals surface area contributed by atoms with Crippen molar-refractivity contribution in [2.75, 3.05) is 7.11 Å². The predicted octanol–water partition coefficient (Wildman–Crippen LogP) is 4.06. The van der Waals surface area contributed by atoms with E-state index in [1.54, 1.807) is 4.82 Å². The summed E-state index contributed by atoms with van der Waals surface area (Å²) in [5.41, 5.74) is 2.53. The number of hydrogen-bond donors (Lipinski definition) is 0. The summed E-state index contributed by atoms with van der Waals surface area (Å²) in [6, 6.07) is 0. The van der Waals surface area contributed by atoms with Crippen LogP contribution in [-0.4, -0.2) is 31.6 Å². The maximum absolute atomic E-state index is 5.67. The van der Waals surface area contributed by atoms with Gasteiger partial charge in [0.05, 0.1) is 16.1 Å². The highest BCUT2D eigenvalue weighted by Gasteiger charge is 2.33. The van der Waals surface area contributed by atoms with Gasteiger partial charge in [0.2, 0.25) is 8.32 Å². The van der Waals surface area contributed by atoms with Gasteiger partial charge in [0.1, 0.15) is 0 Å². The zero-order chi connectivity index (χ0) is 12.5. The molecule has 4 heteroatoms. The van der Waals surface area contributed by atoms with E-state index in [2.05, 4.69) is 58.1 Å². The van der Waals surface area contributed by atoms with Gasteiger partial charge in [-0.3, -0.25) is 0 Å². The Balaban J connectivity index is 5.33. The summed E-state index contributed by atoms with van der Waals surface area (Å²) in [5.74, 6) is 0. The molecule has 0 radical (unpaired) electrons. The van der Waals surface area contributed by atoms with Crippen LogP contribution in [0.4, 0.5) is 0 Å². The first kappa shape index (κ1) is 15.4.